The third-order valence-electron chi connectivity index (χ3n) is 3.84. The van der Waals surface area contributed by atoms with E-state index in [1.807, 2.05) is 0 Å². The average molecular weight is 389 g/mol. The van der Waals surface area contributed by atoms with Crippen molar-refractivity contribution in [3.8, 4) is 0 Å². The highest BCUT2D eigenvalue weighted by Gasteiger charge is 2.25. The predicted molar refractivity (Wildman–Crippen MR) is 97.3 cm³/mol. The number of carbonyl (C=O) groups is 4. The molecule has 0 fully saturated rings. The lowest BCUT2D eigenvalue weighted by Gasteiger charge is -2.21. The third kappa shape index (κ3) is 9.87. The minimum Gasteiger partial charge on any atom is -0.480 e. The minimum atomic E-state index is -1.27. The van der Waals surface area contributed by atoms with Crippen molar-refractivity contribution in [2.45, 2.75) is 51.2 Å². The number of carbonyl (C=O) groups excluding carboxylic acids is 3. The first-order valence-electron chi connectivity index (χ1n) is 8.80. The Morgan fingerprint density at radius 1 is 1.00 bits per heavy atom. The molecule has 27 heavy (non-hydrogen) atoms. The molecule has 0 rings (SSSR count). The summed E-state index contributed by atoms with van der Waals surface area (Å²) in [4.78, 5) is 46.8. The number of rotatable bonds is 13. The number of aliphatic carboxylic acids is 1. The van der Waals surface area contributed by atoms with E-state index >= 15 is 0 Å². The van der Waals surface area contributed by atoms with Gasteiger partial charge in [-0.1, -0.05) is 13.8 Å². The van der Waals surface area contributed by atoms with Crippen LogP contribution in [0, 0.1) is 5.92 Å². The smallest absolute Gasteiger partial charge is 0.326 e. The van der Waals surface area contributed by atoms with E-state index in [1.54, 1.807) is 13.8 Å². The monoisotopic (exact) mass is 389 g/mol. The highest BCUT2D eigenvalue weighted by atomic mass is 16.4. The van der Waals surface area contributed by atoms with E-state index in [0.29, 0.717) is 19.4 Å². The first-order chi connectivity index (χ1) is 12.6. The summed E-state index contributed by atoms with van der Waals surface area (Å²) in [5.41, 5.74) is 11.0. The number of aliphatic hydroxyl groups is 1. The summed E-state index contributed by atoms with van der Waals surface area (Å²) in [5, 5.41) is 25.2. The molecule has 0 aliphatic rings. The van der Waals surface area contributed by atoms with E-state index < -0.39 is 55.0 Å². The first kappa shape index (κ1) is 24.8. The molecule has 156 valence electrons. The molecule has 3 unspecified atom stereocenters. The van der Waals surface area contributed by atoms with Crippen LogP contribution in [-0.2, 0) is 19.2 Å². The van der Waals surface area contributed by atoms with Crippen molar-refractivity contribution in [3.63, 3.8) is 0 Å². The molecule has 0 aliphatic heterocycles. The maximum atomic E-state index is 12.0. The topological polar surface area (TPSA) is 197 Å². The minimum absolute atomic E-state index is 0.162. The predicted octanol–water partition coefficient (Wildman–Crippen LogP) is -2.74. The summed E-state index contributed by atoms with van der Waals surface area (Å²) in [5.74, 6) is -3.44. The third-order valence-corrected chi connectivity index (χ3v) is 3.84. The Morgan fingerprint density at radius 3 is 2.11 bits per heavy atom. The first-order valence-corrected chi connectivity index (χ1v) is 8.80. The Bertz CT molecular complexity index is 514. The van der Waals surface area contributed by atoms with Crippen molar-refractivity contribution >= 4 is 23.7 Å². The SMILES string of the molecule is CC(C)C(N)C(=O)NC(CO)C(=O)NCC(=O)NC(CCCCN)C(=O)O. The highest BCUT2D eigenvalue weighted by Crippen LogP contribution is 2.01. The maximum Gasteiger partial charge on any atom is 0.326 e. The quantitative estimate of drug-likeness (QED) is 0.165. The van der Waals surface area contributed by atoms with Gasteiger partial charge in [-0.2, -0.15) is 0 Å². The van der Waals surface area contributed by atoms with E-state index in [4.69, 9.17) is 16.6 Å². The zero-order valence-corrected chi connectivity index (χ0v) is 15.7. The molecule has 0 aromatic carbocycles. The van der Waals surface area contributed by atoms with Gasteiger partial charge in [-0.25, -0.2) is 4.79 Å². The lowest BCUT2D eigenvalue weighted by Crippen LogP contribution is -2.55. The molecule has 0 heterocycles. The van der Waals surface area contributed by atoms with Crippen molar-refractivity contribution in [1.82, 2.24) is 16.0 Å². The van der Waals surface area contributed by atoms with Gasteiger partial charge >= 0.3 is 5.97 Å². The van der Waals surface area contributed by atoms with Gasteiger partial charge in [0, 0.05) is 0 Å². The molecular weight excluding hydrogens is 358 g/mol. The molecule has 0 radical (unpaired) electrons. The number of hydrogen-bond acceptors (Lipinski definition) is 7. The molecule has 9 N–H and O–H groups in total. The number of hydrogen-bond donors (Lipinski definition) is 7. The molecule has 0 aliphatic carbocycles. The zero-order chi connectivity index (χ0) is 21.0. The lowest BCUT2D eigenvalue weighted by atomic mass is 10.0. The van der Waals surface area contributed by atoms with Crippen molar-refractivity contribution < 1.29 is 29.4 Å². The van der Waals surface area contributed by atoms with E-state index in [-0.39, 0.29) is 12.3 Å². The molecule has 11 heteroatoms. The summed E-state index contributed by atoms with van der Waals surface area (Å²) in [6.07, 6.45) is 1.39. The average Bonchev–Trinajstić information content (AvgIpc) is 2.62. The van der Waals surface area contributed by atoms with Gasteiger partial charge < -0.3 is 37.6 Å². The summed E-state index contributed by atoms with van der Waals surface area (Å²) < 4.78 is 0. The Kier molecular flexibility index (Phi) is 11.9. The lowest BCUT2D eigenvalue weighted by molar-refractivity contribution is -0.142. The number of nitrogens with one attached hydrogen (secondary N) is 3. The van der Waals surface area contributed by atoms with Crippen LogP contribution in [0.15, 0.2) is 0 Å². The molecule has 3 amide bonds. The van der Waals surface area contributed by atoms with Gasteiger partial charge in [0.15, 0.2) is 0 Å². The Morgan fingerprint density at radius 2 is 1.63 bits per heavy atom. The highest BCUT2D eigenvalue weighted by molar-refractivity contribution is 5.92. The van der Waals surface area contributed by atoms with Crippen LogP contribution >= 0.6 is 0 Å². The second-order valence-electron chi connectivity index (χ2n) is 6.47. The number of nitrogens with two attached hydrogens (primary N) is 2. The van der Waals surface area contributed by atoms with Gasteiger partial charge in [0.1, 0.15) is 12.1 Å². The number of unbranched alkanes of at least 4 members (excludes halogenated alkanes) is 1. The van der Waals surface area contributed by atoms with Crippen molar-refractivity contribution in [3.05, 3.63) is 0 Å². The van der Waals surface area contributed by atoms with E-state index in [0.717, 1.165) is 0 Å². The fourth-order valence-electron chi connectivity index (χ4n) is 2.05. The summed E-state index contributed by atoms with van der Waals surface area (Å²) in [7, 11) is 0. The van der Waals surface area contributed by atoms with Crippen LogP contribution in [0.4, 0.5) is 0 Å². The van der Waals surface area contributed by atoms with Crippen LogP contribution < -0.4 is 27.4 Å². The fourth-order valence-corrected chi connectivity index (χ4v) is 2.05. The van der Waals surface area contributed by atoms with Crippen LogP contribution in [0.3, 0.4) is 0 Å². The van der Waals surface area contributed by atoms with Gasteiger partial charge in [0.2, 0.25) is 17.7 Å². The van der Waals surface area contributed by atoms with Crippen molar-refractivity contribution in [2.75, 3.05) is 19.7 Å². The molecule has 0 saturated heterocycles. The van der Waals surface area contributed by atoms with E-state index in [9.17, 15) is 24.3 Å². The Balaban J connectivity index is 4.52. The van der Waals surface area contributed by atoms with Crippen molar-refractivity contribution in [1.29, 1.82) is 0 Å². The van der Waals surface area contributed by atoms with Crippen LogP contribution in [0.2, 0.25) is 0 Å². The Labute approximate surface area is 158 Å². The van der Waals surface area contributed by atoms with Gasteiger partial charge in [-0.05, 0) is 31.7 Å². The number of amides is 3. The second-order valence-corrected chi connectivity index (χ2v) is 6.47. The standard InChI is InChI=1S/C16H31N5O6/c1-9(2)13(18)15(25)21-11(8-22)14(24)19-7-12(23)20-10(16(26)27)5-3-4-6-17/h9-11,13,22H,3-8,17-18H2,1-2H3,(H,19,24)(H,20,23)(H,21,25)(H,26,27). The molecule has 0 saturated carbocycles. The van der Waals surface area contributed by atoms with Gasteiger partial charge in [-0.3, -0.25) is 14.4 Å². The summed E-state index contributed by atoms with van der Waals surface area (Å²) >= 11 is 0. The molecular formula is C16H31N5O6. The second kappa shape index (κ2) is 13.0. The van der Waals surface area contributed by atoms with Crippen LogP contribution in [-0.4, -0.2) is 71.7 Å². The van der Waals surface area contributed by atoms with Gasteiger partial charge in [0.25, 0.3) is 0 Å². The number of carboxylic acid groups (broad SMARTS) is 1. The molecule has 0 spiro atoms. The number of aliphatic hydroxyl groups excluding tert-OH is 1. The van der Waals surface area contributed by atoms with Crippen molar-refractivity contribution in [2.24, 2.45) is 17.4 Å². The van der Waals surface area contributed by atoms with Crippen LogP contribution in [0.1, 0.15) is 33.1 Å². The van der Waals surface area contributed by atoms with Gasteiger partial charge in [-0.15, -0.1) is 0 Å². The van der Waals surface area contributed by atoms with E-state index in [2.05, 4.69) is 16.0 Å². The zero-order valence-electron chi connectivity index (χ0n) is 15.7. The fraction of sp³-hybridized carbons (Fsp3) is 0.750. The maximum absolute atomic E-state index is 12.0. The molecule has 11 nitrogen and oxygen atoms in total. The van der Waals surface area contributed by atoms with Crippen LogP contribution in [0.25, 0.3) is 0 Å². The molecule has 0 aromatic rings. The largest absolute Gasteiger partial charge is 0.480 e. The summed E-state index contributed by atoms with van der Waals surface area (Å²) in [6, 6.07) is -3.20. The number of carboxylic acids is 1. The van der Waals surface area contributed by atoms with E-state index in [1.165, 1.54) is 0 Å². The normalized spacial score (nSPS) is 14.1. The van der Waals surface area contributed by atoms with Crippen LogP contribution in [0.5, 0.6) is 0 Å². The summed E-state index contributed by atoms with van der Waals surface area (Å²) in [6.45, 7) is 2.71. The Hall–Kier alpha value is -2.24. The van der Waals surface area contributed by atoms with Gasteiger partial charge in [0.05, 0.1) is 19.2 Å². The molecule has 0 aromatic heterocycles. The molecule has 3 atom stereocenters. The molecule has 0 bridgehead atoms.